The van der Waals surface area contributed by atoms with E-state index in [9.17, 15) is 0 Å². The lowest BCUT2D eigenvalue weighted by Crippen LogP contribution is -1.95. The summed E-state index contributed by atoms with van der Waals surface area (Å²) in [4.78, 5) is 5.90. The van der Waals surface area contributed by atoms with E-state index in [0.29, 0.717) is 5.02 Å². The van der Waals surface area contributed by atoms with Gasteiger partial charge in [0.2, 0.25) is 0 Å². The van der Waals surface area contributed by atoms with Gasteiger partial charge < -0.3 is 4.74 Å². The molecule has 0 atom stereocenters. The van der Waals surface area contributed by atoms with Crippen molar-refractivity contribution in [2.45, 2.75) is 4.90 Å². The summed E-state index contributed by atoms with van der Waals surface area (Å²) >= 11 is 7.78. The summed E-state index contributed by atoms with van der Waals surface area (Å²) in [5.41, 5.74) is 2.74. The number of benzene rings is 3. The van der Waals surface area contributed by atoms with Crippen LogP contribution in [0.25, 0.3) is 0 Å². The van der Waals surface area contributed by atoms with Crippen LogP contribution in [0.5, 0.6) is 5.75 Å². The Hall–Kier alpha value is -2.49. The summed E-state index contributed by atoms with van der Waals surface area (Å²) < 4.78 is 5.19. The second-order valence-corrected chi connectivity index (χ2v) is 6.85. The third kappa shape index (κ3) is 5.25. The lowest BCUT2D eigenvalue weighted by atomic mass is 10.1. The maximum absolute atomic E-state index is 6.15. The molecule has 0 radical (unpaired) electrons. The lowest BCUT2D eigenvalue weighted by Gasteiger charge is -2.04. The number of halogens is 1. The Morgan fingerprint density at radius 3 is 2.42 bits per heavy atom. The first kappa shape index (κ1) is 18.3. The molecule has 0 aliphatic heterocycles. The molecule has 0 unspecified atom stereocenters. The highest BCUT2D eigenvalue weighted by molar-refractivity contribution is 8.02. The number of methoxy groups -OCH3 is 1. The number of aliphatic imine (C=N–C) groups is 1. The van der Waals surface area contributed by atoms with Crippen molar-refractivity contribution < 1.29 is 4.74 Å². The number of hydrogen-bond acceptors (Lipinski definition) is 3. The quantitative estimate of drug-likeness (QED) is 0.348. The van der Waals surface area contributed by atoms with E-state index in [2.05, 4.69) is 0 Å². The number of hydrogen-bond donors (Lipinski definition) is 0. The van der Waals surface area contributed by atoms with E-state index in [0.717, 1.165) is 27.6 Å². The van der Waals surface area contributed by atoms with E-state index in [1.54, 1.807) is 18.9 Å². The molecule has 0 saturated carbocycles. The van der Waals surface area contributed by atoms with Crippen molar-refractivity contribution in [2.75, 3.05) is 7.11 Å². The Bertz CT molecular complexity index is 905. The molecule has 130 valence electrons. The Morgan fingerprint density at radius 1 is 0.962 bits per heavy atom. The summed E-state index contributed by atoms with van der Waals surface area (Å²) in [5.74, 6) is 0.851. The van der Waals surface area contributed by atoms with Gasteiger partial charge in [0.15, 0.2) is 0 Å². The van der Waals surface area contributed by atoms with Crippen LogP contribution in [0.15, 0.2) is 100 Å². The van der Waals surface area contributed by atoms with Gasteiger partial charge in [-0.25, -0.2) is 4.99 Å². The van der Waals surface area contributed by atoms with Crippen LogP contribution in [0.4, 0.5) is 5.69 Å². The van der Waals surface area contributed by atoms with Crippen molar-refractivity contribution in [3.05, 3.63) is 101 Å². The molecule has 0 bridgehead atoms. The second-order valence-electron chi connectivity index (χ2n) is 5.44. The largest absolute Gasteiger partial charge is 0.497 e. The van der Waals surface area contributed by atoms with Gasteiger partial charge in [0, 0.05) is 15.5 Å². The molecule has 26 heavy (non-hydrogen) atoms. The van der Waals surface area contributed by atoms with E-state index in [-0.39, 0.29) is 0 Å². The van der Waals surface area contributed by atoms with Gasteiger partial charge in [-0.05, 0) is 60.0 Å². The van der Waals surface area contributed by atoms with Crippen LogP contribution in [0.3, 0.4) is 0 Å². The third-order valence-electron chi connectivity index (χ3n) is 3.62. The Labute approximate surface area is 163 Å². The molecule has 0 N–H and O–H groups in total. The van der Waals surface area contributed by atoms with Crippen molar-refractivity contribution in [2.24, 2.45) is 4.99 Å². The fourth-order valence-electron chi connectivity index (χ4n) is 2.32. The number of nitrogens with zero attached hydrogens (tertiary/aromatic N) is 1. The van der Waals surface area contributed by atoms with Crippen molar-refractivity contribution in [1.82, 2.24) is 0 Å². The van der Waals surface area contributed by atoms with E-state index < -0.39 is 0 Å². The van der Waals surface area contributed by atoms with Crippen molar-refractivity contribution >= 4 is 34.8 Å². The SMILES string of the molecule is COc1ccc(SC=CC(=Nc2ccccc2)c2cccc(Cl)c2)cc1. The van der Waals surface area contributed by atoms with E-state index in [4.69, 9.17) is 21.3 Å². The van der Waals surface area contributed by atoms with E-state index in [1.807, 2.05) is 90.3 Å². The first-order valence-corrected chi connectivity index (χ1v) is 9.37. The second kappa shape index (κ2) is 9.27. The molecule has 3 aromatic carbocycles. The first-order valence-electron chi connectivity index (χ1n) is 8.11. The molecule has 3 rings (SSSR count). The highest BCUT2D eigenvalue weighted by atomic mass is 35.5. The fourth-order valence-corrected chi connectivity index (χ4v) is 3.16. The zero-order valence-corrected chi connectivity index (χ0v) is 15.9. The zero-order valence-electron chi connectivity index (χ0n) is 14.3. The highest BCUT2D eigenvalue weighted by Gasteiger charge is 2.02. The monoisotopic (exact) mass is 379 g/mol. The van der Waals surface area contributed by atoms with Gasteiger partial charge in [-0.1, -0.05) is 53.7 Å². The summed E-state index contributed by atoms with van der Waals surface area (Å²) in [6.07, 6.45) is 2.01. The molecule has 4 heteroatoms. The number of para-hydroxylation sites is 1. The average molecular weight is 380 g/mol. The van der Waals surface area contributed by atoms with Gasteiger partial charge in [0.1, 0.15) is 5.75 Å². The predicted molar refractivity (Wildman–Crippen MR) is 112 cm³/mol. The molecule has 0 fully saturated rings. The summed E-state index contributed by atoms with van der Waals surface area (Å²) in [6, 6.07) is 25.6. The normalized spacial score (nSPS) is 11.7. The lowest BCUT2D eigenvalue weighted by molar-refractivity contribution is 0.414. The maximum Gasteiger partial charge on any atom is 0.118 e. The topological polar surface area (TPSA) is 21.6 Å². The van der Waals surface area contributed by atoms with Crippen LogP contribution in [-0.2, 0) is 0 Å². The maximum atomic E-state index is 6.15. The minimum Gasteiger partial charge on any atom is -0.497 e. The van der Waals surface area contributed by atoms with Crippen LogP contribution in [-0.4, -0.2) is 12.8 Å². The van der Waals surface area contributed by atoms with Gasteiger partial charge in [-0.2, -0.15) is 0 Å². The van der Waals surface area contributed by atoms with Gasteiger partial charge in [0.05, 0.1) is 18.5 Å². The summed E-state index contributed by atoms with van der Waals surface area (Å²) in [7, 11) is 1.67. The highest BCUT2D eigenvalue weighted by Crippen LogP contribution is 2.23. The average Bonchev–Trinajstić information content (AvgIpc) is 2.68. The van der Waals surface area contributed by atoms with Gasteiger partial charge >= 0.3 is 0 Å². The van der Waals surface area contributed by atoms with Gasteiger partial charge in [-0.3, -0.25) is 0 Å². The molecular formula is C22H18ClNOS. The molecule has 0 aromatic heterocycles. The molecule has 2 nitrogen and oxygen atoms in total. The van der Waals surface area contributed by atoms with Crippen LogP contribution in [0.1, 0.15) is 5.56 Å². The number of rotatable bonds is 6. The van der Waals surface area contributed by atoms with Crippen molar-refractivity contribution in [3.8, 4) is 5.75 Å². The first-order chi connectivity index (χ1) is 12.7. The molecule has 0 saturated heterocycles. The third-order valence-corrected chi connectivity index (χ3v) is 4.67. The minimum atomic E-state index is 0.694. The van der Waals surface area contributed by atoms with Gasteiger partial charge in [0.25, 0.3) is 0 Å². The summed E-state index contributed by atoms with van der Waals surface area (Å²) in [6.45, 7) is 0. The smallest absolute Gasteiger partial charge is 0.118 e. The van der Waals surface area contributed by atoms with Crippen LogP contribution < -0.4 is 4.74 Å². The van der Waals surface area contributed by atoms with E-state index >= 15 is 0 Å². The molecule has 3 aromatic rings. The van der Waals surface area contributed by atoms with Crippen molar-refractivity contribution in [3.63, 3.8) is 0 Å². The van der Waals surface area contributed by atoms with Crippen LogP contribution in [0.2, 0.25) is 5.02 Å². The number of allylic oxidation sites excluding steroid dienone is 1. The number of ether oxygens (including phenoxy) is 1. The molecular weight excluding hydrogens is 362 g/mol. The van der Waals surface area contributed by atoms with Crippen molar-refractivity contribution in [1.29, 1.82) is 0 Å². The molecule has 0 heterocycles. The van der Waals surface area contributed by atoms with Crippen LogP contribution in [0, 0.1) is 0 Å². The van der Waals surface area contributed by atoms with E-state index in [1.165, 1.54) is 0 Å². The standard InChI is InChI=1S/C22H18ClNOS/c1-25-20-10-12-21(13-11-20)26-15-14-22(17-6-5-7-18(23)16-17)24-19-8-3-2-4-9-19/h2-16H,1H3. The molecule has 0 spiro atoms. The van der Waals surface area contributed by atoms with Gasteiger partial charge in [-0.15, -0.1) is 0 Å². The predicted octanol–water partition coefficient (Wildman–Crippen LogP) is 6.78. The summed E-state index contributed by atoms with van der Waals surface area (Å²) in [5, 5.41) is 2.73. The van der Waals surface area contributed by atoms with Crippen LogP contribution >= 0.6 is 23.4 Å². The Balaban J connectivity index is 1.84. The molecule has 0 amide bonds. The molecule has 0 aliphatic rings. The number of thioether (sulfide) groups is 1. The Morgan fingerprint density at radius 2 is 1.73 bits per heavy atom. The Kier molecular flexibility index (Phi) is 6.53. The zero-order chi connectivity index (χ0) is 18.2. The molecule has 0 aliphatic carbocycles. The fraction of sp³-hybridized carbons (Fsp3) is 0.0455. The minimum absolute atomic E-state index is 0.694.